The number of hydrogen-bond acceptors (Lipinski definition) is 6. The van der Waals surface area contributed by atoms with E-state index in [2.05, 4.69) is 15.4 Å². The lowest BCUT2D eigenvalue weighted by molar-refractivity contribution is 0.100. The Morgan fingerprint density at radius 2 is 1.81 bits per heavy atom. The molecule has 32 heavy (non-hydrogen) atoms. The van der Waals surface area contributed by atoms with E-state index in [0.717, 1.165) is 26.2 Å². The smallest absolute Gasteiger partial charge is 0.267 e. The number of carbonyl (C=O) groups excluding carboxylic acids is 1. The number of aromatic nitrogens is 3. The zero-order chi connectivity index (χ0) is 22.2. The van der Waals surface area contributed by atoms with Gasteiger partial charge >= 0.3 is 0 Å². The summed E-state index contributed by atoms with van der Waals surface area (Å²) in [5, 5.41) is 3.46. The molecule has 6 nitrogen and oxygen atoms in total. The van der Waals surface area contributed by atoms with E-state index < -0.39 is 5.91 Å². The first-order valence-corrected chi connectivity index (χ1v) is 11.7. The van der Waals surface area contributed by atoms with Crippen molar-refractivity contribution < 1.29 is 4.79 Å². The number of rotatable bonds is 4. The van der Waals surface area contributed by atoms with Crippen molar-refractivity contribution in [3.63, 3.8) is 0 Å². The Kier molecular flexibility index (Phi) is 5.34. The summed E-state index contributed by atoms with van der Waals surface area (Å²) in [7, 11) is 0. The molecule has 1 N–H and O–H groups in total. The number of aryl methyl sites for hydroxylation is 1. The van der Waals surface area contributed by atoms with E-state index in [-0.39, 0.29) is 11.3 Å². The average Bonchev–Trinajstić information content (AvgIpc) is 3.42. The molecule has 9 heteroatoms. The Labute approximate surface area is 195 Å². The standard InChI is InChI=1S/C23H15ClN4O2S2/c1-13-18(14-5-3-2-4-6-14)19-22(32-13)25-12-28(23(19)30)27-20(29)17-11-31-21(26-17)15-7-9-16(24)10-8-15/h2-12H,1H3,(H,27,29). The minimum absolute atomic E-state index is 0.219. The molecule has 5 aromatic rings. The summed E-state index contributed by atoms with van der Waals surface area (Å²) in [5.74, 6) is -0.488. The van der Waals surface area contributed by atoms with Crippen LogP contribution in [0, 0.1) is 6.92 Å². The van der Waals surface area contributed by atoms with Crippen LogP contribution >= 0.6 is 34.3 Å². The van der Waals surface area contributed by atoms with Gasteiger partial charge in [-0.3, -0.25) is 15.0 Å². The lowest BCUT2D eigenvalue weighted by atomic mass is 10.0. The Bertz CT molecular complexity index is 1510. The van der Waals surface area contributed by atoms with Gasteiger partial charge in [0.2, 0.25) is 0 Å². The number of thiazole rings is 1. The average molecular weight is 479 g/mol. The van der Waals surface area contributed by atoms with Crippen molar-refractivity contribution >= 4 is 50.4 Å². The summed E-state index contributed by atoms with van der Waals surface area (Å²) < 4.78 is 1.12. The number of nitrogens with one attached hydrogen (secondary N) is 1. The third kappa shape index (κ3) is 3.73. The summed E-state index contributed by atoms with van der Waals surface area (Å²) in [6.45, 7) is 1.96. The van der Waals surface area contributed by atoms with Crippen LogP contribution in [-0.2, 0) is 0 Å². The van der Waals surface area contributed by atoms with Crippen molar-refractivity contribution in [2.24, 2.45) is 0 Å². The number of thiophene rings is 1. The highest BCUT2D eigenvalue weighted by Gasteiger charge is 2.19. The van der Waals surface area contributed by atoms with Gasteiger partial charge in [-0.15, -0.1) is 22.7 Å². The fraction of sp³-hybridized carbons (Fsp3) is 0.0435. The van der Waals surface area contributed by atoms with Gasteiger partial charge in [-0.2, -0.15) is 0 Å². The van der Waals surface area contributed by atoms with Crippen LogP contribution in [-0.4, -0.2) is 20.6 Å². The number of nitrogens with zero attached hydrogens (tertiary/aromatic N) is 3. The molecule has 0 saturated heterocycles. The van der Waals surface area contributed by atoms with Gasteiger partial charge in [0.05, 0.1) is 5.39 Å². The van der Waals surface area contributed by atoms with Crippen LogP contribution < -0.4 is 11.0 Å². The fourth-order valence-electron chi connectivity index (χ4n) is 3.40. The van der Waals surface area contributed by atoms with Gasteiger partial charge in [0.15, 0.2) is 0 Å². The van der Waals surface area contributed by atoms with Gasteiger partial charge < -0.3 is 0 Å². The third-order valence-electron chi connectivity index (χ3n) is 4.90. The second kappa shape index (κ2) is 8.31. The second-order valence-corrected chi connectivity index (χ2v) is 9.48. The molecule has 0 aliphatic heterocycles. The summed E-state index contributed by atoms with van der Waals surface area (Å²) in [6.07, 6.45) is 1.33. The molecule has 0 bridgehead atoms. The van der Waals surface area contributed by atoms with Crippen LogP contribution in [0.1, 0.15) is 15.4 Å². The maximum atomic E-state index is 13.2. The molecule has 0 radical (unpaired) electrons. The van der Waals surface area contributed by atoms with Crippen molar-refractivity contribution in [2.45, 2.75) is 6.92 Å². The van der Waals surface area contributed by atoms with Gasteiger partial charge in [-0.1, -0.05) is 54.1 Å². The molecule has 3 heterocycles. The van der Waals surface area contributed by atoms with E-state index in [9.17, 15) is 9.59 Å². The van der Waals surface area contributed by atoms with E-state index in [1.54, 1.807) is 17.5 Å². The molecule has 0 saturated carbocycles. The van der Waals surface area contributed by atoms with Crippen LogP contribution in [0.5, 0.6) is 0 Å². The first-order valence-electron chi connectivity index (χ1n) is 9.60. The van der Waals surface area contributed by atoms with Crippen LogP contribution in [0.25, 0.3) is 31.9 Å². The Morgan fingerprint density at radius 1 is 1.06 bits per heavy atom. The minimum Gasteiger partial charge on any atom is -0.267 e. The summed E-state index contributed by atoms with van der Waals surface area (Å²) in [6, 6.07) is 16.9. The predicted octanol–water partition coefficient (Wildman–Crippen LogP) is 5.59. The topological polar surface area (TPSA) is 76.9 Å². The monoisotopic (exact) mass is 478 g/mol. The van der Waals surface area contributed by atoms with Gasteiger partial charge in [0, 0.05) is 26.4 Å². The maximum Gasteiger partial charge on any atom is 0.289 e. The number of hydrogen-bond donors (Lipinski definition) is 1. The summed E-state index contributed by atoms with van der Waals surface area (Å²) in [5.41, 5.74) is 5.13. The number of amides is 1. The largest absolute Gasteiger partial charge is 0.289 e. The lowest BCUT2D eigenvalue weighted by Crippen LogP contribution is -2.33. The molecule has 1 amide bonds. The van der Waals surface area contributed by atoms with Crippen LogP contribution in [0.3, 0.4) is 0 Å². The Hall–Kier alpha value is -3.33. The van der Waals surface area contributed by atoms with Crippen molar-refractivity contribution in [1.82, 2.24) is 14.6 Å². The molecule has 0 fully saturated rings. The lowest BCUT2D eigenvalue weighted by Gasteiger charge is -2.07. The molecular formula is C23H15ClN4O2S2. The normalized spacial score (nSPS) is 11.1. The van der Waals surface area contributed by atoms with Crippen molar-refractivity contribution in [1.29, 1.82) is 0 Å². The molecule has 158 valence electrons. The summed E-state index contributed by atoms with van der Waals surface area (Å²) >= 11 is 8.73. The van der Waals surface area contributed by atoms with Gasteiger partial charge in [-0.05, 0) is 24.6 Å². The van der Waals surface area contributed by atoms with Crippen LogP contribution in [0.4, 0.5) is 0 Å². The van der Waals surface area contributed by atoms with Crippen molar-refractivity contribution in [3.8, 4) is 21.7 Å². The van der Waals surface area contributed by atoms with Gasteiger partial charge in [0.1, 0.15) is 21.9 Å². The fourth-order valence-corrected chi connectivity index (χ4v) is 5.34. The molecule has 0 atom stereocenters. The van der Waals surface area contributed by atoms with E-state index >= 15 is 0 Å². The van der Waals surface area contributed by atoms with Gasteiger partial charge in [0.25, 0.3) is 11.5 Å². The minimum atomic E-state index is -0.488. The third-order valence-corrected chi connectivity index (χ3v) is 7.06. The summed E-state index contributed by atoms with van der Waals surface area (Å²) in [4.78, 5) is 36.5. The quantitative estimate of drug-likeness (QED) is 0.365. The number of carbonyl (C=O) groups is 1. The van der Waals surface area contributed by atoms with Crippen LogP contribution in [0.2, 0.25) is 5.02 Å². The van der Waals surface area contributed by atoms with E-state index in [4.69, 9.17) is 11.6 Å². The molecule has 5 rings (SSSR count). The van der Waals surface area contributed by atoms with E-state index in [1.807, 2.05) is 49.4 Å². The highest BCUT2D eigenvalue weighted by Crippen LogP contribution is 2.35. The molecule has 0 aliphatic carbocycles. The Balaban J connectivity index is 1.48. The van der Waals surface area contributed by atoms with Crippen molar-refractivity contribution in [3.05, 3.63) is 92.3 Å². The SMILES string of the molecule is Cc1sc2ncn(NC(=O)c3csc(-c4ccc(Cl)cc4)n3)c(=O)c2c1-c1ccccc1. The molecule has 2 aromatic carbocycles. The van der Waals surface area contributed by atoms with Crippen LogP contribution in [0.15, 0.2) is 71.1 Å². The second-order valence-electron chi connectivity index (χ2n) is 6.98. The van der Waals surface area contributed by atoms with E-state index in [1.165, 1.54) is 29.0 Å². The molecular weight excluding hydrogens is 464 g/mol. The first kappa shape index (κ1) is 20.6. The maximum absolute atomic E-state index is 13.2. The highest BCUT2D eigenvalue weighted by molar-refractivity contribution is 7.19. The molecule has 0 aliphatic rings. The number of fused-ring (bicyclic) bond motifs is 1. The highest BCUT2D eigenvalue weighted by atomic mass is 35.5. The predicted molar refractivity (Wildman–Crippen MR) is 130 cm³/mol. The van der Waals surface area contributed by atoms with Gasteiger partial charge in [-0.25, -0.2) is 14.6 Å². The Morgan fingerprint density at radius 3 is 2.56 bits per heavy atom. The van der Waals surface area contributed by atoms with E-state index in [0.29, 0.717) is 20.2 Å². The molecule has 0 spiro atoms. The van der Waals surface area contributed by atoms with Crippen molar-refractivity contribution in [2.75, 3.05) is 5.43 Å². The molecule has 3 aromatic heterocycles. The molecule has 0 unspecified atom stereocenters. The number of halogens is 1. The number of benzene rings is 2. The first-order chi connectivity index (χ1) is 15.5. The zero-order valence-corrected chi connectivity index (χ0v) is 19.1. The zero-order valence-electron chi connectivity index (χ0n) is 16.7.